The van der Waals surface area contributed by atoms with Crippen LogP contribution in [-0.4, -0.2) is 28.8 Å². The van der Waals surface area contributed by atoms with Crippen molar-refractivity contribution in [2.24, 2.45) is 0 Å². The van der Waals surface area contributed by atoms with Crippen LogP contribution in [-0.2, 0) is 6.54 Å². The summed E-state index contributed by atoms with van der Waals surface area (Å²) in [4.78, 5) is 1.35. The van der Waals surface area contributed by atoms with Crippen LogP contribution in [0.4, 0.5) is 0 Å². The minimum absolute atomic E-state index is 0.0186. The molecule has 2 N–H and O–H groups in total. The molecular formula is C11H17NOS2. The van der Waals surface area contributed by atoms with Crippen LogP contribution < -0.4 is 5.32 Å². The van der Waals surface area contributed by atoms with Gasteiger partial charge in [0.2, 0.25) is 0 Å². The van der Waals surface area contributed by atoms with E-state index in [9.17, 15) is 5.11 Å². The average molecular weight is 243 g/mol. The number of rotatable bonds is 4. The Balaban J connectivity index is 1.89. The molecule has 0 aliphatic carbocycles. The van der Waals surface area contributed by atoms with E-state index in [-0.39, 0.29) is 12.1 Å². The van der Waals surface area contributed by atoms with Gasteiger partial charge in [0.1, 0.15) is 0 Å². The smallest absolute Gasteiger partial charge is 0.0614 e. The molecule has 1 aromatic rings. The molecule has 1 aliphatic heterocycles. The predicted octanol–water partition coefficient (Wildman–Crippen LogP) is 2.10. The summed E-state index contributed by atoms with van der Waals surface area (Å²) in [5.41, 5.74) is -0.0186. The molecule has 4 heteroatoms. The zero-order valence-electron chi connectivity index (χ0n) is 8.74. The van der Waals surface area contributed by atoms with E-state index in [4.69, 9.17) is 0 Å². The number of aliphatic hydroxyl groups is 1. The molecule has 0 atom stereocenters. The molecule has 0 aromatic carbocycles. The van der Waals surface area contributed by atoms with Crippen LogP contribution in [0.2, 0.25) is 0 Å². The van der Waals surface area contributed by atoms with E-state index < -0.39 is 0 Å². The minimum atomic E-state index is -0.0186. The number of thiophene rings is 1. The van der Waals surface area contributed by atoms with Gasteiger partial charge in [-0.3, -0.25) is 0 Å². The topological polar surface area (TPSA) is 32.3 Å². The Morgan fingerprint density at radius 1 is 1.40 bits per heavy atom. The molecule has 0 unspecified atom stereocenters. The van der Waals surface area contributed by atoms with Crippen molar-refractivity contribution in [2.45, 2.75) is 24.9 Å². The third-order valence-electron chi connectivity index (χ3n) is 2.97. The summed E-state index contributed by atoms with van der Waals surface area (Å²) in [5, 5.41) is 15.1. The molecule has 0 amide bonds. The van der Waals surface area contributed by atoms with Crippen molar-refractivity contribution in [3.63, 3.8) is 0 Å². The molecule has 1 aliphatic rings. The van der Waals surface area contributed by atoms with Gasteiger partial charge in [-0.25, -0.2) is 0 Å². The van der Waals surface area contributed by atoms with E-state index in [1.807, 2.05) is 11.8 Å². The summed E-state index contributed by atoms with van der Waals surface area (Å²) in [5.74, 6) is 2.33. The van der Waals surface area contributed by atoms with Gasteiger partial charge in [-0.15, -0.1) is 11.3 Å². The van der Waals surface area contributed by atoms with Crippen molar-refractivity contribution in [3.05, 3.63) is 22.4 Å². The summed E-state index contributed by atoms with van der Waals surface area (Å²) in [6.07, 6.45) is 2.17. The Bertz CT molecular complexity index is 281. The molecule has 0 bridgehead atoms. The Hall–Kier alpha value is -0.0300. The molecule has 0 radical (unpaired) electrons. The summed E-state index contributed by atoms with van der Waals surface area (Å²) >= 11 is 3.76. The molecule has 1 aromatic heterocycles. The van der Waals surface area contributed by atoms with E-state index in [1.165, 1.54) is 4.88 Å². The van der Waals surface area contributed by atoms with Crippen LogP contribution in [0.15, 0.2) is 17.5 Å². The maximum absolute atomic E-state index is 9.50. The SMILES string of the molecule is OCC1(NCc2cccs2)CCSCC1. The van der Waals surface area contributed by atoms with Gasteiger partial charge in [0.05, 0.1) is 6.61 Å². The highest BCUT2D eigenvalue weighted by molar-refractivity contribution is 7.99. The maximum atomic E-state index is 9.50. The second-order valence-electron chi connectivity index (χ2n) is 3.98. The molecule has 2 nitrogen and oxygen atoms in total. The summed E-state index contributed by atoms with van der Waals surface area (Å²) in [6.45, 7) is 1.15. The van der Waals surface area contributed by atoms with Gasteiger partial charge in [0.15, 0.2) is 0 Å². The quantitative estimate of drug-likeness (QED) is 0.849. The molecule has 0 spiro atoms. The lowest BCUT2D eigenvalue weighted by molar-refractivity contribution is 0.149. The minimum Gasteiger partial charge on any atom is -0.394 e. The number of hydrogen-bond donors (Lipinski definition) is 2. The Morgan fingerprint density at radius 2 is 2.20 bits per heavy atom. The standard InChI is InChI=1S/C11H17NOS2/c13-9-11(3-6-14-7-4-11)12-8-10-2-1-5-15-10/h1-2,5,12-13H,3-4,6-9H2. The van der Waals surface area contributed by atoms with E-state index in [0.717, 1.165) is 30.9 Å². The van der Waals surface area contributed by atoms with Gasteiger partial charge >= 0.3 is 0 Å². The van der Waals surface area contributed by atoms with Gasteiger partial charge < -0.3 is 10.4 Å². The molecular weight excluding hydrogens is 226 g/mol. The Labute approximate surface area is 99.1 Å². The molecule has 2 heterocycles. The van der Waals surface area contributed by atoms with Gasteiger partial charge in [-0.05, 0) is 35.8 Å². The van der Waals surface area contributed by atoms with Crippen LogP contribution in [0.5, 0.6) is 0 Å². The van der Waals surface area contributed by atoms with Gasteiger partial charge in [0, 0.05) is 17.0 Å². The Kier molecular flexibility index (Phi) is 4.08. The van der Waals surface area contributed by atoms with Gasteiger partial charge in [-0.2, -0.15) is 11.8 Å². The van der Waals surface area contributed by atoms with Crippen molar-refractivity contribution in [1.82, 2.24) is 5.32 Å². The van der Waals surface area contributed by atoms with E-state index in [2.05, 4.69) is 22.8 Å². The maximum Gasteiger partial charge on any atom is 0.0614 e. The molecule has 0 saturated carbocycles. The Morgan fingerprint density at radius 3 is 2.80 bits per heavy atom. The van der Waals surface area contributed by atoms with Crippen LogP contribution in [0, 0.1) is 0 Å². The fraction of sp³-hybridized carbons (Fsp3) is 0.636. The molecule has 84 valence electrons. The number of hydrogen-bond acceptors (Lipinski definition) is 4. The first-order valence-corrected chi connectivity index (χ1v) is 7.34. The van der Waals surface area contributed by atoms with E-state index in [0.29, 0.717) is 0 Å². The highest BCUT2D eigenvalue weighted by Crippen LogP contribution is 2.27. The summed E-state index contributed by atoms with van der Waals surface area (Å²) in [6, 6.07) is 4.21. The fourth-order valence-corrected chi connectivity index (χ4v) is 3.76. The lowest BCUT2D eigenvalue weighted by Gasteiger charge is -2.36. The number of aliphatic hydroxyl groups excluding tert-OH is 1. The molecule has 15 heavy (non-hydrogen) atoms. The van der Waals surface area contributed by atoms with Crippen LogP contribution in [0.3, 0.4) is 0 Å². The second kappa shape index (κ2) is 5.34. The highest BCUT2D eigenvalue weighted by atomic mass is 32.2. The van der Waals surface area contributed by atoms with Crippen LogP contribution in [0.25, 0.3) is 0 Å². The first-order valence-electron chi connectivity index (χ1n) is 5.31. The third kappa shape index (κ3) is 2.97. The van der Waals surface area contributed by atoms with E-state index in [1.54, 1.807) is 11.3 Å². The van der Waals surface area contributed by atoms with Crippen molar-refractivity contribution in [3.8, 4) is 0 Å². The van der Waals surface area contributed by atoms with Crippen molar-refractivity contribution < 1.29 is 5.11 Å². The summed E-state index contributed by atoms with van der Waals surface area (Å²) < 4.78 is 0. The fourth-order valence-electron chi connectivity index (χ4n) is 1.84. The van der Waals surface area contributed by atoms with Gasteiger partial charge in [0.25, 0.3) is 0 Å². The first kappa shape index (κ1) is 11.5. The summed E-state index contributed by atoms with van der Waals surface area (Å²) in [7, 11) is 0. The third-order valence-corrected chi connectivity index (χ3v) is 4.83. The normalized spacial score (nSPS) is 20.3. The lowest BCUT2D eigenvalue weighted by atomic mass is 9.93. The van der Waals surface area contributed by atoms with Crippen LogP contribution >= 0.6 is 23.1 Å². The zero-order valence-corrected chi connectivity index (χ0v) is 10.4. The van der Waals surface area contributed by atoms with Crippen LogP contribution in [0.1, 0.15) is 17.7 Å². The van der Waals surface area contributed by atoms with E-state index >= 15 is 0 Å². The predicted molar refractivity (Wildman–Crippen MR) is 67.5 cm³/mol. The van der Waals surface area contributed by atoms with Gasteiger partial charge in [-0.1, -0.05) is 6.07 Å². The average Bonchev–Trinajstić information content (AvgIpc) is 2.81. The second-order valence-corrected chi connectivity index (χ2v) is 6.24. The highest BCUT2D eigenvalue weighted by Gasteiger charge is 2.30. The number of nitrogens with one attached hydrogen (secondary N) is 1. The van der Waals surface area contributed by atoms with Crippen molar-refractivity contribution in [1.29, 1.82) is 0 Å². The zero-order chi connectivity index (χ0) is 10.6. The molecule has 1 saturated heterocycles. The van der Waals surface area contributed by atoms with Crippen molar-refractivity contribution >= 4 is 23.1 Å². The largest absolute Gasteiger partial charge is 0.394 e. The molecule has 2 rings (SSSR count). The van der Waals surface area contributed by atoms with Crippen molar-refractivity contribution in [2.75, 3.05) is 18.1 Å². The lowest BCUT2D eigenvalue weighted by Crippen LogP contribution is -2.50. The molecule has 1 fully saturated rings. The first-order chi connectivity index (χ1) is 7.35. The number of thioether (sulfide) groups is 1. The monoisotopic (exact) mass is 243 g/mol.